The number of amides is 1. The van der Waals surface area contributed by atoms with Crippen LogP contribution in [-0.4, -0.2) is 40.0 Å². The summed E-state index contributed by atoms with van der Waals surface area (Å²) in [5, 5.41) is 10.3. The van der Waals surface area contributed by atoms with Crippen molar-refractivity contribution in [2.45, 2.75) is 40.0 Å². The maximum Gasteiger partial charge on any atom is 0.311 e. The molecule has 110 valence electrons. The predicted molar refractivity (Wildman–Crippen MR) is 77.1 cm³/mol. The molecule has 6 heteroatoms. The lowest BCUT2D eigenvalue weighted by Crippen LogP contribution is -2.48. The second-order valence-electron chi connectivity index (χ2n) is 5.57. The zero-order valence-electron chi connectivity index (χ0n) is 12.1. The maximum atomic E-state index is 12.6. The summed E-state index contributed by atoms with van der Waals surface area (Å²) in [6.07, 6.45) is 2.16. The predicted octanol–water partition coefficient (Wildman–Crippen LogP) is 2.34. The van der Waals surface area contributed by atoms with Crippen LogP contribution in [0.15, 0.2) is 0 Å². The largest absolute Gasteiger partial charge is 0.481 e. The fraction of sp³-hybridized carbons (Fsp3) is 0.643. The number of carboxylic acid groups (broad SMARTS) is 1. The number of hydrogen-bond donors (Lipinski definition) is 1. The highest BCUT2D eigenvalue weighted by atomic mass is 32.1. The molecule has 0 aliphatic carbocycles. The third-order valence-corrected chi connectivity index (χ3v) is 5.13. The number of aliphatic carboxylic acids is 1. The highest BCUT2D eigenvalue weighted by Gasteiger charge is 2.40. The summed E-state index contributed by atoms with van der Waals surface area (Å²) in [6.45, 7) is 6.46. The van der Waals surface area contributed by atoms with Crippen molar-refractivity contribution in [1.82, 2.24) is 9.88 Å². The van der Waals surface area contributed by atoms with E-state index in [1.54, 1.807) is 11.8 Å². The van der Waals surface area contributed by atoms with Gasteiger partial charge in [-0.15, -0.1) is 11.3 Å². The first-order chi connectivity index (χ1) is 9.37. The van der Waals surface area contributed by atoms with Crippen LogP contribution in [0.5, 0.6) is 0 Å². The van der Waals surface area contributed by atoms with Crippen molar-refractivity contribution in [3.8, 4) is 0 Å². The molecule has 1 aliphatic rings. The van der Waals surface area contributed by atoms with Crippen LogP contribution < -0.4 is 0 Å². The first-order valence-corrected chi connectivity index (χ1v) is 7.68. The van der Waals surface area contributed by atoms with Gasteiger partial charge in [-0.2, -0.15) is 0 Å². The van der Waals surface area contributed by atoms with Crippen LogP contribution in [0.3, 0.4) is 0 Å². The van der Waals surface area contributed by atoms with Crippen molar-refractivity contribution in [1.29, 1.82) is 0 Å². The summed E-state index contributed by atoms with van der Waals surface area (Å²) in [7, 11) is 0. The van der Waals surface area contributed by atoms with Crippen molar-refractivity contribution in [2.24, 2.45) is 5.41 Å². The van der Waals surface area contributed by atoms with Crippen LogP contribution in [0, 0.1) is 12.3 Å². The van der Waals surface area contributed by atoms with E-state index in [2.05, 4.69) is 4.98 Å². The molecule has 1 unspecified atom stereocenters. The van der Waals surface area contributed by atoms with Gasteiger partial charge in [0.1, 0.15) is 4.88 Å². The number of aryl methyl sites for hydroxylation is 2. The molecule has 2 heterocycles. The molecule has 5 nitrogen and oxygen atoms in total. The standard InChI is InChI=1S/C14H20N2O3S/c1-4-10-15-9(2)11(20-10)12(17)16-7-5-6-14(3,8-16)13(18)19/h4-8H2,1-3H3,(H,18,19). The van der Waals surface area contributed by atoms with Gasteiger partial charge >= 0.3 is 5.97 Å². The maximum absolute atomic E-state index is 12.6. The fourth-order valence-corrected chi connectivity index (χ4v) is 3.51. The van der Waals surface area contributed by atoms with E-state index in [0.717, 1.165) is 23.5 Å². The number of thiazole rings is 1. The first kappa shape index (κ1) is 15.0. The van der Waals surface area contributed by atoms with E-state index in [9.17, 15) is 14.7 Å². The van der Waals surface area contributed by atoms with Gasteiger partial charge in [0.25, 0.3) is 5.91 Å². The molecule has 0 bridgehead atoms. The Morgan fingerprint density at radius 2 is 2.20 bits per heavy atom. The van der Waals surface area contributed by atoms with E-state index in [-0.39, 0.29) is 12.5 Å². The third kappa shape index (κ3) is 2.70. The van der Waals surface area contributed by atoms with E-state index in [0.29, 0.717) is 17.8 Å². The van der Waals surface area contributed by atoms with E-state index >= 15 is 0 Å². The molecule has 20 heavy (non-hydrogen) atoms. The molecular weight excluding hydrogens is 276 g/mol. The van der Waals surface area contributed by atoms with Crippen LogP contribution in [0.1, 0.15) is 47.1 Å². The quantitative estimate of drug-likeness (QED) is 0.929. The molecule has 1 aromatic heterocycles. The van der Waals surface area contributed by atoms with Gasteiger partial charge in [-0.3, -0.25) is 9.59 Å². The number of nitrogens with zero attached hydrogens (tertiary/aromatic N) is 2. The number of carboxylic acids is 1. The lowest BCUT2D eigenvalue weighted by Gasteiger charge is -2.37. The van der Waals surface area contributed by atoms with Crippen molar-refractivity contribution in [2.75, 3.05) is 13.1 Å². The topological polar surface area (TPSA) is 70.5 Å². The Morgan fingerprint density at radius 1 is 1.50 bits per heavy atom. The van der Waals surface area contributed by atoms with Gasteiger partial charge in [0.2, 0.25) is 0 Å². The molecule has 1 fully saturated rings. The highest BCUT2D eigenvalue weighted by molar-refractivity contribution is 7.13. The highest BCUT2D eigenvalue weighted by Crippen LogP contribution is 2.31. The average Bonchev–Trinajstić information content (AvgIpc) is 2.79. The zero-order chi connectivity index (χ0) is 14.9. The number of piperidine rings is 1. The number of aromatic nitrogens is 1. The van der Waals surface area contributed by atoms with Gasteiger partial charge < -0.3 is 10.0 Å². The minimum atomic E-state index is -0.833. The molecular formula is C14H20N2O3S. The van der Waals surface area contributed by atoms with Crippen LogP contribution in [0.25, 0.3) is 0 Å². The van der Waals surface area contributed by atoms with Gasteiger partial charge in [0, 0.05) is 13.1 Å². The van der Waals surface area contributed by atoms with Gasteiger partial charge in [-0.05, 0) is 33.1 Å². The van der Waals surface area contributed by atoms with Crippen LogP contribution in [0.4, 0.5) is 0 Å². The minimum Gasteiger partial charge on any atom is -0.481 e. The summed E-state index contributed by atoms with van der Waals surface area (Å²) in [5.74, 6) is -0.905. The summed E-state index contributed by atoms with van der Waals surface area (Å²) >= 11 is 1.42. The van der Waals surface area contributed by atoms with Crippen LogP contribution in [0.2, 0.25) is 0 Å². The molecule has 1 amide bonds. The zero-order valence-corrected chi connectivity index (χ0v) is 12.9. The molecule has 0 aromatic carbocycles. The Morgan fingerprint density at radius 3 is 2.75 bits per heavy atom. The van der Waals surface area contributed by atoms with Crippen LogP contribution >= 0.6 is 11.3 Å². The molecule has 1 aromatic rings. The monoisotopic (exact) mass is 296 g/mol. The summed E-state index contributed by atoms with van der Waals surface area (Å²) in [4.78, 5) is 30.6. The minimum absolute atomic E-state index is 0.0770. The lowest BCUT2D eigenvalue weighted by atomic mass is 9.82. The number of likely N-dealkylation sites (tertiary alicyclic amines) is 1. The van der Waals surface area contributed by atoms with Gasteiger partial charge in [0.05, 0.1) is 16.1 Å². The smallest absolute Gasteiger partial charge is 0.311 e. The van der Waals surface area contributed by atoms with E-state index in [4.69, 9.17) is 0 Å². The molecule has 1 aliphatic heterocycles. The van der Waals surface area contributed by atoms with Crippen molar-refractivity contribution in [3.05, 3.63) is 15.6 Å². The fourth-order valence-electron chi connectivity index (χ4n) is 2.53. The molecule has 1 saturated heterocycles. The molecule has 0 saturated carbocycles. The Hall–Kier alpha value is -1.43. The van der Waals surface area contributed by atoms with Crippen molar-refractivity contribution >= 4 is 23.2 Å². The number of rotatable bonds is 3. The second-order valence-corrected chi connectivity index (χ2v) is 6.66. The van der Waals surface area contributed by atoms with Gasteiger partial charge in [-0.25, -0.2) is 4.98 Å². The Bertz CT molecular complexity index is 541. The number of hydrogen-bond acceptors (Lipinski definition) is 4. The first-order valence-electron chi connectivity index (χ1n) is 6.86. The number of carbonyl (C=O) groups is 2. The number of carbonyl (C=O) groups excluding carboxylic acids is 1. The normalized spacial score (nSPS) is 22.9. The van der Waals surface area contributed by atoms with E-state index in [1.807, 2.05) is 13.8 Å². The average molecular weight is 296 g/mol. The second kappa shape index (κ2) is 5.52. The molecule has 2 rings (SSSR count). The Balaban J connectivity index is 2.20. The molecule has 1 N–H and O–H groups in total. The van der Waals surface area contributed by atoms with Crippen molar-refractivity contribution in [3.63, 3.8) is 0 Å². The van der Waals surface area contributed by atoms with E-state index in [1.165, 1.54) is 11.3 Å². The van der Waals surface area contributed by atoms with Gasteiger partial charge in [0.15, 0.2) is 0 Å². The third-order valence-electron chi connectivity index (χ3n) is 3.84. The molecule has 0 radical (unpaired) electrons. The molecule has 0 spiro atoms. The Labute approximate surface area is 122 Å². The van der Waals surface area contributed by atoms with E-state index < -0.39 is 11.4 Å². The Kier molecular flexibility index (Phi) is 4.13. The summed E-state index contributed by atoms with van der Waals surface area (Å²) < 4.78 is 0. The summed E-state index contributed by atoms with van der Waals surface area (Å²) in [5.41, 5.74) is -0.0838. The molecule has 1 atom stereocenters. The van der Waals surface area contributed by atoms with Crippen LogP contribution in [-0.2, 0) is 11.2 Å². The van der Waals surface area contributed by atoms with Gasteiger partial charge in [-0.1, -0.05) is 6.92 Å². The lowest BCUT2D eigenvalue weighted by molar-refractivity contribution is -0.150. The van der Waals surface area contributed by atoms with Crippen molar-refractivity contribution < 1.29 is 14.7 Å². The summed E-state index contributed by atoms with van der Waals surface area (Å²) in [6, 6.07) is 0. The SMILES string of the molecule is CCc1nc(C)c(C(=O)N2CCCC(C)(C(=O)O)C2)s1.